The lowest BCUT2D eigenvalue weighted by atomic mass is 9.93. The molecule has 3 aliphatic rings. The topological polar surface area (TPSA) is 75.0 Å². The Bertz CT molecular complexity index is 1400. The fourth-order valence-corrected chi connectivity index (χ4v) is 6.10. The van der Waals surface area contributed by atoms with E-state index < -0.39 is 40.9 Å². The molecule has 174 valence electrons. The number of halogens is 2. The first-order valence-corrected chi connectivity index (χ1v) is 11.8. The van der Waals surface area contributed by atoms with Crippen molar-refractivity contribution in [3.05, 3.63) is 92.9 Å². The van der Waals surface area contributed by atoms with Gasteiger partial charge < -0.3 is 14.7 Å². The summed E-state index contributed by atoms with van der Waals surface area (Å²) in [5.74, 6) is -2.74. The molecule has 0 unspecified atom stereocenters. The lowest BCUT2D eigenvalue weighted by molar-refractivity contribution is -0.0197. The van der Waals surface area contributed by atoms with E-state index in [2.05, 4.69) is 0 Å². The van der Waals surface area contributed by atoms with Crippen LogP contribution in [0.25, 0.3) is 0 Å². The first kappa shape index (κ1) is 21.2. The Morgan fingerprint density at radius 2 is 1.88 bits per heavy atom. The Morgan fingerprint density at radius 3 is 2.74 bits per heavy atom. The number of rotatable bonds is 1. The number of hydrogen-bond acceptors (Lipinski definition) is 6. The number of fused-ring (bicyclic) bond motifs is 4. The van der Waals surface area contributed by atoms with Crippen molar-refractivity contribution in [1.29, 1.82) is 0 Å². The molecule has 4 heterocycles. The van der Waals surface area contributed by atoms with E-state index in [9.17, 15) is 19.1 Å². The van der Waals surface area contributed by atoms with Gasteiger partial charge in [-0.15, -0.1) is 11.8 Å². The molecule has 3 aromatic rings. The molecule has 7 nitrogen and oxygen atoms in total. The van der Waals surface area contributed by atoms with Crippen LogP contribution in [0.4, 0.5) is 8.78 Å². The first-order valence-electron chi connectivity index (χ1n) is 10.8. The molecule has 3 aliphatic heterocycles. The second kappa shape index (κ2) is 7.85. The Labute approximate surface area is 197 Å². The summed E-state index contributed by atoms with van der Waals surface area (Å²) < 4.78 is 36.5. The molecule has 2 aromatic carbocycles. The van der Waals surface area contributed by atoms with Crippen LogP contribution in [0.2, 0.25) is 0 Å². The molecule has 0 bridgehead atoms. The lowest BCUT2D eigenvalue weighted by Crippen LogP contribution is -2.66. The minimum absolute atomic E-state index is 0.163. The molecule has 0 radical (unpaired) electrons. The van der Waals surface area contributed by atoms with Crippen LogP contribution >= 0.6 is 11.8 Å². The number of ether oxygens (including phenoxy) is 1. The van der Waals surface area contributed by atoms with Crippen LogP contribution in [0.3, 0.4) is 0 Å². The predicted octanol–water partition coefficient (Wildman–Crippen LogP) is 2.98. The van der Waals surface area contributed by atoms with E-state index in [4.69, 9.17) is 4.74 Å². The molecule has 10 heteroatoms. The highest BCUT2D eigenvalue weighted by molar-refractivity contribution is 7.98. The number of benzene rings is 2. The number of amides is 1. The third-order valence-electron chi connectivity index (χ3n) is 6.55. The largest absolute Gasteiger partial charge is 0.502 e. The third kappa shape index (κ3) is 2.98. The van der Waals surface area contributed by atoms with Crippen LogP contribution in [-0.4, -0.2) is 46.5 Å². The van der Waals surface area contributed by atoms with Gasteiger partial charge in [0, 0.05) is 35.0 Å². The van der Waals surface area contributed by atoms with Gasteiger partial charge in [-0.05, 0) is 23.3 Å². The predicted molar refractivity (Wildman–Crippen MR) is 120 cm³/mol. The van der Waals surface area contributed by atoms with E-state index in [1.807, 2.05) is 29.3 Å². The molecule has 0 aliphatic carbocycles. The number of carbonyl (C=O) groups excluding carboxylic acids is 1. The Hall–Kier alpha value is -3.37. The number of aromatic nitrogens is 1. The van der Waals surface area contributed by atoms with Gasteiger partial charge in [0.2, 0.25) is 5.43 Å². The number of hydrogen-bond donors (Lipinski definition) is 1. The van der Waals surface area contributed by atoms with Crippen LogP contribution in [0.5, 0.6) is 5.75 Å². The van der Waals surface area contributed by atoms with E-state index in [0.29, 0.717) is 12.2 Å². The number of pyridine rings is 1. The zero-order chi connectivity index (χ0) is 23.6. The van der Waals surface area contributed by atoms with Crippen molar-refractivity contribution in [1.82, 2.24) is 9.58 Å². The van der Waals surface area contributed by atoms with Gasteiger partial charge in [-0.25, -0.2) is 8.78 Å². The summed E-state index contributed by atoms with van der Waals surface area (Å²) in [7, 11) is 0. The number of carbonyl (C=O) groups is 1. The maximum absolute atomic E-state index is 15.1. The summed E-state index contributed by atoms with van der Waals surface area (Å²) >= 11 is 1.41. The fraction of sp³-hybridized carbons (Fsp3) is 0.250. The highest BCUT2D eigenvalue weighted by Crippen LogP contribution is 2.45. The molecule has 0 spiro atoms. The summed E-state index contributed by atoms with van der Waals surface area (Å²) in [5.41, 5.74) is 0.778. The van der Waals surface area contributed by atoms with E-state index in [1.165, 1.54) is 28.7 Å². The quantitative estimate of drug-likeness (QED) is 0.574. The molecule has 1 N–H and O–H groups in total. The van der Waals surface area contributed by atoms with Crippen molar-refractivity contribution >= 4 is 17.7 Å². The smallest absolute Gasteiger partial charge is 0.278 e. The summed E-state index contributed by atoms with van der Waals surface area (Å²) in [4.78, 5) is 28.0. The molecule has 0 saturated carbocycles. The maximum atomic E-state index is 15.1. The fourth-order valence-electron chi connectivity index (χ4n) is 4.98. The van der Waals surface area contributed by atoms with Crippen molar-refractivity contribution in [3.63, 3.8) is 0 Å². The van der Waals surface area contributed by atoms with Crippen LogP contribution < -0.4 is 10.4 Å². The highest BCUT2D eigenvalue weighted by atomic mass is 32.2. The number of morpholine rings is 1. The summed E-state index contributed by atoms with van der Waals surface area (Å²) in [6, 6.07) is 10.8. The van der Waals surface area contributed by atoms with Gasteiger partial charge in [-0.1, -0.05) is 24.3 Å². The minimum atomic E-state index is -0.929. The van der Waals surface area contributed by atoms with Crippen LogP contribution in [0.1, 0.15) is 33.2 Å². The van der Waals surface area contributed by atoms with Crippen molar-refractivity contribution in [3.8, 4) is 5.75 Å². The zero-order valence-electron chi connectivity index (χ0n) is 17.8. The van der Waals surface area contributed by atoms with E-state index in [-0.39, 0.29) is 30.2 Å². The minimum Gasteiger partial charge on any atom is -0.502 e. The standard InChI is InChI=1S/C24H19F2N3O4S/c25-16-6-5-13-15(20(16)26)12-34-18-4-2-1-3-14(18)21(13)29-19-11-33-10-9-27(19)24(32)22-23(31)17(30)7-8-28(22)29/h1-8,19,21,31H,9-12H2/t19-,21-/m1/s1. The van der Waals surface area contributed by atoms with E-state index in [0.717, 1.165) is 16.5 Å². The van der Waals surface area contributed by atoms with Crippen LogP contribution in [0, 0.1) is 11.6 Å². The number of nitrogens with zero attached hydrogens (tertiary/aromatic N) is 3. The first-order chi connectivity index (χ1) is 16.5. The van der Waals surface area contributed by atoms with Gasteiger partial charge in [-0.2, -0.15) is 0 Å². The average molecular weight is 483 g/mol. The van der Waals surface area contributed by atoms with Gasteiger partial charge >= 0.3 is 0 Å². The lowest BCUT2D eigenvalue weighted by Gasteiger charge is -2.51. The highest BCUT2D eigenvalue weighted by Gasteiger charge is 2.46. The van der Waals surface area contributed by atoms with Crippen molar-refractivity contribution in [2.45, 2.75) is 22.9 Å². The monoisotopic (exact) mass is 483 g/mol. The van der Waals surface area contributed by atoms with Gasteiger partial charge in [0.25, 0.3) is 5.91 Å². The number of thioether (sulfide) groups is 1. The Kier molecular flexibility index (Phi) is 4.89. The van der Waals surface area contributed by atoms with Gasteiger partial charge in [0.05, 0.1) is 19.3 Å². The molecule has 2 atom stereocenters. The second-order valence-electron chi connectivity index (χ2n) is 8.31. The van der Waals surface area contributed by atoms with Crippen molar-refractivity contribution in [2.24, 2.45) is 0 Å². The Morgan fingerprint density at radius 1 is 1.06 bits per heavy atom. The summed E-state index contributed by atoms with van der Waals surface area (Å²) in [6.45, 7) is 0.737. The molecule has 1 amide bonds. The van der Waals surface area contributed by atoms with Gasteiger partial charge in [-0.3, -0.25) is 19.3 Å². The average Bonchev–Trinajstić information content (AvgIpc) is 3.01. The molecule has 1 aromatic heterocycles. The van der Waals surface area contributed by atoms with Crippen LogP contribution in [-0.2, 0) is 10.5 Å². The Balaban J connectivity index is 1.67. The molecular formula is C24H19F2N3O4S. The van der Waals surface area contributed by atoms with Gasteiger partial charge in [0.1, 0.15) is 6.17 Å². The zero-order valence-corrected chi connectivity index (χ0v) is 18.6. The maximum Gasteiger partial charge on any atom is 0.278 e. The second-order valence-corrected chi connectivity index (χ2v) is 9.33. The molecular weight excluding hydrogens is 464 g/mol. The van der Waals surface area contributed by atoms with Crippen LogP contribution in [0.15, 0.2) is 58.4 Å². The summed E-state index contributed by atoms with van der Waals surface area (Å²) in [6.07, 6.45) is 0.833. The summed E-state index contributed by atoms with van der Waals surface area (Å²) in [5, 5.41) is 12.4. The third-order valence-corrected chi connectivity index (χ3v) is 7.67. The van der Waals surface area contributed by atoms with Crippen molar-refractivity contribution in [2.75, 3.05) is 24.8 Å². The number of aromatic hydroxyl groups is 1. The SMILES string of the molecule is O=C1c2c(O)c(=O)ccn2N([C@H]2c3ccccc3SCc3c2ccc(F)c3F)[C@@H]2COCCN12. The molecule has 1 saturated heterocycles. The molecule has 6 rings (SSSR count). The van der Waals surface area contributed by atoms with Gasteiger partial charge in [0.15, 0.2) is 23.1 Å². The molecule has 1 fully saturated rings. The van der Waals surface area contributed by atoms with E-state index in [1.54, 1.807) is 11.0 Å². The van der Waals surface area contributed by atoms with E-state index >= 15 is 4.39 Å². The normalized spacial score (nSPS) is 21.3. The van der Waals surface area contributed by atoms with Crippen molar-refractivity contribution < 1.29 is 23.4 Å². The molecule has 34 heavy (non-hydrogen) atoms.